The van der Waals surface area contributed by atoms with Crippen LogP contribution in [0.2, 0.25) is 0 Å². The molecular weight excluding hydrogens is 342 g/mol. The van der Waals surface area contributed by atoms with E-state index in [1.165, 1.54) is 68.1 Å². The van der Waals surface area contributed by atoms with Gasteiger partial charge in [0.05, 0.1) is 18.8 Å². The molecule has 5 rings (SSSR count). The van der Waals surface area contributed by atoms with Gasteiger partial charge in [-0.25, -0.2) is 9.97 Å². The Bertz CT molecular complexity index is 752. The zero-order valence-electron chi connectivity index (χ0n) is 15.7. The van der Waals surface area contributed by atoms with Crippen LogP contribution in [0, 0.1) is 5.41 Å². The number of nitrogens with zero attached hydrogens (tertiary/aromatic N) is 4. The summed E-state index contributed by atoms with van der Waals surface area (Å²) in [6, 6.07) is 0.699. The maximum atomic E-state index is 4.98. The fourth-order valence-electron chi connectivity index (χ4n) is 5.03. The Morgan fingerprint density at radius 3 is 3.00 bits per heavy atom. The fourth-order valence-corrected chi connectivity index (χ4v) is 6.21. The highest BCUT2D eigenvalue weighted by atomic mass is 32.1. The van der Waals surface area contributed by atoms with E-state index in [9.17, 15) is 0 Å². The first-order chi connectivity index (χ1) is 12.8. The molecule has 2 aliphatic carbocycles. The molecule has 1 aliphatic heterocycles. The molecule has 2 aromatic heterocycles. The molecule has 26 heavy (non-hydrogen) atoms. The normalized spacial score (nSPS) is 23.7. The molecule has 0 radical (unpaired) electrons. The Morgan fingerprint density at radius 1 is 1.31 bits per heavy atom. The summed E-state index contributed by atoms with van der Waals surface area (Å²) < 4.78 is 2.28. The molecule has 0 unspecified atom stereocenters. The van der Waals surface area contributed by atoms with Crippen LogP contribution in [0.3, 0.4) is 0 Å². The number of piperidine rings is 1. The number of aryl methyl sites for hydroxylation is 3. The zero-order valence-corrected chi connectivity index (χ0v) is 16.5. The van der Waals surface area contributed by atoms with Crippen LogP contribution < -0.4 is 5.32 Å². The highest BCUT2D eigenvalue weighted by molar-refractivity contribution is 7.11. The van der Waals surface area contributed by atoms with Crippen molar-refractivity contribution in [1.29, 1.82) is 0 Å². The van der Waals surface area contributed by atoms with Gasteiger partial charge < -0.3 is 9.88 Å². The first-order valence-corrected chi connectivity index (χ1v) is 11.0. The van der Waals surface area contributed by atoms with E-state index in [1.54, 1.807) is 4.88 Å². The number of hydrogen-bond acceptors (Lipinski definition) is 5. The van der Waals surface area contributed by atoms with Gasteiger partial charge in [0, 0.05) is 29.9 Å². The smallest absolute Gasteiger partial charge is 0.122 e. The van der Waals surface area contributed by atoms with Crippen molar-refractivity contribution in [3.63, 3.8) is 0 Å². The van der Waals surface area contributed by atoms with Crippen LogP contribution in [0.5, 0.6) is 0 Å². The first kappa shape index (κ1) is 16.9. The Hall–Kier alpha value is -1.24. The largest absolute Gasteiger partial charge is 0.334 e. The summed E-state index contributed by atoms with van der Waals surface area (Å²) in [4.78, 5) is 13.9. The molecule has 140 valence electrons. The lowest BCUT2D eigenvalue weighted by Crippen LogP contribution is -2.36. The van der Waals surface area contributed by atoms with Crippen molar-refractivity contribution in [2.24, 2.45) is 5.41 Å². The molecule has 6 heteroatoms. The van der Waals surface area contributed by atoms with Gasteiger partial charge in [0.1, 0.15) is 10.8 Å². The van der Waals surface area contributed by atoms with Gasteiger partial charge in [-0.15, -0.1) is 11.3 Å². The van der Waals surface area contributed by atoms with Crippen molar-refractivity contribution < 1.29 is 0 Å². The lowest BCUT2D eigenvalue weighted by atomic mass is 9.93. The number of aromatic nitrogens is 3. The highest BCUT2D eigenvalue weighted by Crippen LogP contribution is 2.56. The van der Waals surface area contributed by atoms with E-state index in [1.807, 2.05) is 17.5 Å². The highest BCUT2D eigenvalue weighted by Gasteiger charge is 2.56. The van der Waals surface area contributed by atoms with Gasteiger partial charge in [-0.2, -0.15) is 0 Å². The molecule has 5 nitrogen and oxygen atoms in total. The van der Waals surface area contributed by atoms with Gasteiger partial charge in [-0.05, 0) is 64.0 Å². The second-order valence-corrected chi connectivity index (χ2v) is 9.37. The van der Waals surface area contributed by atoms with E-state index in [0.717, 1.165) is 19.6 Å². The van der Waals surface area contributed by atoms with Crippen molar-refractivity contribution in [1.82, 2.24) is 24.8 Å². The van der Waals surface area contributed by atoms with Crippen LogP contribution in [-0.2, 0) is 32.5 Å². The first-order valence-electron chi connectivity index (χ1n) is 10.2. The van der Waals surface area contributed by atoms with Crippen molar-refractivity contribution in [3.05, 3.63) is 33.8 Å². The number of fused-ring (bicyclic) bond motifs is 1. The zero-order chi connectivity index (χ0) is 17.6. The standard InChI is InChI=1S/C20H29N5S/c1-2-24-11-10-22-18(24)13-25(17-12-20(17)6-8-21-9-7-20)14-19-23-15-4-3-5-16(15)26-19/h10-11,17,21H,2-9,12-14H2,1H3/t17-/m0/s1. The number of hydrogen-bond donors (Lipinski definition) is 1. The summed E-state index contributed by atoms with van der Waals surface area (Å²) in [5, 5.41) is 4.85. The Labute approximate surface area is 159 Å². The minimum atomic E-state index is 0.550. The van der Waals surface area contributed by atoms with E-state index in [4.69, 9.17) is 4.98 Å². The maximum Gasteiger partial charge on any atom is 0.122 e. The maximum absolute atomic E-state index is 4.98. The van der Waals surface area contributed by atoms with Gasteiger partial charge in [-0.1, -0.05) is 0 Å². The third-order valence-electron chi connectivity index (χ3n) is 6.65. The van der Waals surface area contributed by atoms with Gasteiger partial charge >= 0.3 is 0 Å². The summed E-state index contributed by atoms with van der Waals surface area (Å²) >= 11 is 1.96. The van der Waals surface area contributed by atoms with E-state index in [0.29, 0.717) is 11.5 Å². The summed E-state index contributed by atoms with van der Waals surface area (Å²) in [6.07, 6.45) is 11.8. The minimum absolute atomic E-state index is 0.550. The van der Waals surface area contributed by atoms with E-state index in [-0.39, 0.29) is 0 Å². The second kappa shape index (κ2) is 6.73. The monoisotopic (exact) mass is 371 g/mol. The summed E-state index contributed by atoms with van der Waals surface area (Å²) in [6.45, 7) is 7.50. The van der Waals surface area contributed by atoms with Crippen LogP contribution >= 0.6 is 11.3 Å². The SMILES string of the molecule is CCn1ccnc1CN(Cc1nc2c(s1)CCC2)[C@H]1CC12CCNCC2. The number of nitrogens with one attached hydrogen (secondary N) is 1. The minimum Gasteiger partial charge on any atom is -0.334 e. The van der Waals surface area contributed by atoms with E-state index < -0.39 is 0 Å². The van der Waals surface area contributed by atoms with Crippen molar-refractivity contribution in [2.75, 3.05) is 13.1 Å². The molecule has 1 saturated carbocycles. The fraction of sp³-hybridized carbons (Fsp3) is 0.700. The third-order valence-corrected chi connectivity index (χ3v) is 7.79. The van der Waals surface area contributed by atoms with E-state index in [2.05, 4.69) is 32.9 Å². The number of imidazole rings is 1. The molecule has 1 N–H and O–H groups in total. The molecular formula is C20H29N5S. The van der Waals surface area contributed by atoms with E-state index >= 15 is 0 Å². The topological polar surface area (TPSA) is 46.0 Å². The van der Waals surface area contributed by atoms with Crippen LogP contribution in [0.15, 0.2) is 12.4 Å². The lowest BCUT2D eigenvalue weighted by Gasteiger charge is -2.29. The number of thiazole rings is 1. The van der Waals surface area contributed by atoms with Crippen molar-refractivity contribution in [2.45, 2.75) is 71.1 Å². The summed E-state index contributed by atoms with van der Waals surface area (Å²) in [5.74, 6) is 1.20. The molecule has 3 heterocycles. The van der Waals surface area contributed by atoms with Gasteiger partial charge in [-0.3, -0.25) is 4.90 Å². The molecule has 3 aliphatic rings. The van der Waals surface area contributed by atoms with Crippen LogP contribution in [-0.4, -0.2) is 38.6 Å². The Morgan fingerprint density at radius 2 is 2.19 bits per heavy atom. The summed E-state index contributed by atoms with van der Waals surface area (Å²) in [5.41, 5.74) is 1.93. The van der Waals surface area contributed by atoms with Crippen LogP contribution in [0.1, 0.15) is 54.0 Å². The second-order valence-electron chi connectivity index (χ2n) is 8.20. The Kier molecular flexibility index (Phi) is 4.38. The molecule has 1 atom stereocenters. The lowest BCUT2D eigenvalue weighted by molar-refractivity contribution is 0.182. The predicted octanol–water partition coefficient (Wildman–Crippen LogP) is 2.99. The molecule has 0 amide bonds. The average Bonchev–Trinajstić information content (AvgIpc) is 3.05. The molecule has 0 aromatic carbocycles. The molecule has 0 bridgehead atoms. The third kappa shape index (κ3) is 3.02. The van der Waals surface area contributed by atoms with Crippen molar-refractivity contribution in [3.8, 4) is 0 Å². The van der Waals surface area contributed by atoms with Crippen LogP contribution in [0.4, 0.5) is 0 Å². The Balaban J connectivity index is 1.37. The average molecular weight is 372 g/mol. The summed E-state index contributed by atoms with van der Waals surface area (Å²) in [7, 11) is 0. The van der Waals surface area contributed by atoms with Gasteiger partial charge in [0.25, 0.3) is 0 Å². The molecule has 2 aromatic rings. The van der Waals surface area contributed by atoms with Crippen LogP contribution in [0.25, 0.3) is 0 Å². The van der Waals surface area contributed by atoms with Crippen molar-refractivity contribution >= 4 is 11.3 Å². The molecule has 2 fully saturated rings. The predicted molar refractivity (Wildman–Crippen MR) is 104 cm³/mol. The quantitative estimate of drug-likeness (QED) is 0.848. The number of rotatable bonds is 6. The van der Waals surface area contributed by atoms with Gasteiger partial charge in [0.2, 0.25) is 0 Å². The van der Waals surface area contributed by atoms with Gasteiger partial charge in [0.15, 0.2) is 0 Å². The molecule has 1 saturated heterocycles. The molecule has 1 spiro atoms.